The number of hydrogen-bond acceptors (Lipinski definition) is 3. The maximum atomic E-state index is 11.8. The molecule has 2 aromatic carbocycles. The van der Waals surface area contributed by atoms with Crippen LogP contribution in [0.25, 0.3) is 0 Å². The zero-order valence-electron chi connectivity index (χ0n) is 9.97. The fourth-order valence-electron chi connectivity index (χ4n) is 1.47. The topological polar surface area (TPSA) is 49.3 Å². The number of carbonyl (C=O) groups is 1. The summed E-state index contributed by atoms with van der Waals surface area (Å²) in [7, 11) is 0. The summed E-state index contributed by atoms with van der Waals surface area (Å²) < 4.78 is 0. The van der Waals surface area contributed by atoms with Gasteiger partial charge in [-0.3, -0.25) is 4.79 Å². The van der Waals surface area contributed by atoms with Gasteiger partial charge in [0.15, 0.2) is 0 Å². The molecule has 0 radical (unpaired) electrons. The Morgan fingerprint density at radius 2 is 1.84 bits per heavy atom. The van der Waals surface area contributed by atoms with Crippen LogP contribution in [-0.4, -0.2) is 16.8 Å². The Morgan fingerprint density at radius 3 is 2.58 bits per heavy atom. The fraction of sp³-hybridized carbons (Fsp3) is 0.0714. The number of anilines is 1. The second-order valence-corrected chi connectivity index (χ2v) is 5.21. The van der Waals surface area contributed by atoms with E-state index >= 15 is 0 Å². The van der Waals surface area contributed by atoms with E-state index in [2.05, 4.69) is 5.32 Å². The number of hydrogen-bond donors (Lipinski definition) is 2. The van der Waals surface area contributed by atoms with Gasteiger partial charge in [0.05, 0.1) is 16.5 Å². The Morgan fingerprint density at radius 1 is 1.16 bits per heavy atom. The van der Waals surface area contributed by atoms with Crippen molar-refractivity contribution in [3.05, 3.63) is 53.6 Å². The van der Waals surface area contributed by atoms with Crippen LogP contribution in [0.3, 0.4) is 0 Å². The van der Waals surface area contributed by atoms with E-state index in [1.807, 2.05) is 6.07 Å². The van der Waals surface area contributed by atoms with Crippen molar-refractivity contribution >= 4 is 35.0 Å². The van der Waals surface area contributed by atoms with Crippen molar-refractivity contribution in [2.24, 2.45) is 0 Å². The van der Waals surface area contributed by atoms with Gasteiger partial charge in [-0.2, -0.15) is 0 Å². The lowest BCUT2D eigenvalue weighted by molar-refractivity contribution is -0.113. The van der Waals surface area contributed by atoms with Gasteiger partial charge < -0.3 is 10.4 Å². The van der Waals surface area contributed by atoms with Gasteiger partial charge in [-0.25, -0.2) is 0 Å². The van der Waals surface area contributed by atoms with Crippen molar-refractivity contribution in [3.63, 3.8) is 0 Å². The highest BCUT2D eigenvalue weighted by Crippen LogP contribution is 2.28. The molecule has 0 unspecified atom stereocenters. The third-order valence-electron chi connectivity index (χ3n) is 2.37. The molecule has 0 heterocycles. The van der Waals surface area contributed by atoms with E-state index in [1.165, 1.54) is 11.8 Å². The standard InChI is InChI=1S/C14H12ClNO2S/c15-10-5-1-2-6-11(10)16-14(18)9-19-13-8-4-3-7-12(13)17/h1-8,17H,9H2,(H,16,18). The summed E-state index contributed by atoms with van der Waals surface area (Å²) >= 11 is 7.22. The van der Waals surface area contributed by atoms with Gasteiger partial charge in [0.1, 0.15) is 5.75 Å². The molecule has 0 bridgehead atoms. The Balaban J connectivity index is 1.92. The quantitative estimate of drug-likeness (QED) is 0.844. The molecule has 19 heavy (non-hydrogen) atoms. The average Bonchev–Trinajstić information content (AvgIpc) is 2.40. The fourth-order valence-corrected chi connectivity index (χ4v) is 2.40. The van der Waals surface area contributed by atoms with Crippen LogP contribution in [-0.2, 0) is 4.79 Å². The monoisotopic (exact) mass is 293 g/mol. The van der Waals surface area contributed by atoms with Gasteiger partial charge in [-0.15, -0.1) is 11.8 Å². The molecule has 0 fully saturated rings. The highest BCUT2D eigenvalue weighted by atomic mass is 35.5. The predicted octanol–water partition coefficient (Wildman–Crippen LogP) is 3.78. The number of halogens is 1. The number of phenols is 1. The number of rotatable bonds is 4. The molecule has 2 rings (SSSR count). The molecular formula is C14H12ClNO2S. The molecule has 2 N–H and O–H groups in total. The maximum absolute atomic E-state index is 11.8. The van der Waals surface area contributed by atoms with Crippen LogP contribution in [0.4, 0.5) is 5.69 Å². The summed E-state index contributed by atoms with van der Waals surface area (Å²) in [6.45, 7) is 0. The van der Waals surface area contributed by atoms with Crippen molar-refractivity contribution in [1.82, 2.24) is 0 Å². The number of amides is 1. The van der Waals surface area contributed by atoms with E-state index in [9.17, 15) is 9.90 Å². The molecule has 0 aliphatic carbocycles. The smallest absolute Gasteiger partial charge is 0.234 e. The van der Waals surface area contributed by atoms with Crippen molar-refractivity contribution in [2.45, 2.75) is 4.90 Å². The average molecular weight is 294 g/mol. The van der Waals surface area contributed by atoms with E-state index in [4.69, 9.17) is 11.6 Å². The number of benzene rings is 2. The van der Waals surface area contributed by atoms with Crippen LogP contribution in [0.5, 0.6) is 5.75 Å². The summed E-state index contributed by atoms with van der Waals surface area (Å²) in [5.74, 6) is 0.224. The normalized spacial score (nSPS) is 10.2. The Labute approximate surface area is 120 Å². The predicted molar refractivity (Wildman–Crippen MR) is 78.9 cm³/mol. The maximum Gasteiger partial charge on any atom is 0.234 e. The van der Waals surface area contributed by atoms with Crippen molar-refractivity contribution in [2.75, 3.05) is 11.1 Å². The van der Waals surface area contributed by atoms with Crippen molar-refractivity contribution < 1.29 is 9.90 Å². The van der Waals surface area contributed by atoms with Crippen LogP contribution in [0.15, 0.2) is 53.4 Å². The van der Waals surface area contributed by atoms with Gasteiger partial charge in [0.2, 0.25) is 5.91 Å². The van der Waals surface area contributed by atoms with Gasteiger partial charge in [0, 0.05) is 4.90 Å². The second-order valence-electron chi connectivity index (χ2n) is 3.78. The van der Waals surface area contributed by atoms with Crippen LogP contribution < -0.4 is 5.32 Å². The third-order valence-corrected chi connectivity index (χ3v) is 3.76. The summed E-state index contributed by atoms with van der Waals surface area (Å²) in [5.41, 5.74) is 0.590. The molecule has 0 spiro atoms. The zero-order chi connectivity index (χ0) is 13.7. The van der Waals surface area contributed by atoms with Crippen LogP contribution in [0, 0.1) is 0 Å². The third kappa shape index (κ3) is 3.91. The summed E-state index contributed by atoms with van der Waals surface area (Å²) in [6.07, 6.45) is 0. The highest BCUT2D eigenvalue weighted by Gasteiger charge is 2.07. The van der Waals surface area contributed by atoms with Gasteiger partial charge in [0.25, 0.3) is 0 Å². The molecule has 5 heteroatoms. The number of nitrogens with one attached hydrogen (secondary N) is 1. The number of para-hydroxylation sites is 2. The molecule has 0 aliphatic rings. The molecular weight excluding hydrogens is 282 g/mol. The first-order chi connectivity index (χ1) is 9.16. The number of carbonyl (C=O) groups excluding carboxylic acids is 1. The molecule has 0 aromatic heterocycles. The SMILES string of the molecule is O=C(CSc1ccccc1O)Nc1ccccc1Cl. The zero-order valence-corrected chi connectivity index (χ0v) is 11.5. The Kier molecular flexibility index (Phi) is 4.71. The highest BCUT2D eigenvalue weighted by molar-refractivity contribution is 8.00. The van der Waals surface area contributed by atoms with Crippen LogP contribution >= 0.6 is 23.4 Å². The summed E-state index contributed by atoms with van der Waals surface area (Å²) in [5, 5.41) is 12.8. The lowest BCUT2D eigenvalue weighted by Crippen LogP contribution is -2.14. The van der Waals surface area contributed by atoms with Crippen molar-refractivity contribution in [3.8, 4) is 5.75 Å². The van der Waals surface area contributed by atoms with Gasteiger partial charge in [-0.1, -0.05) is 35.9 Å². The summed E-state index contributed by atoms with van der Waals surface area (Å²) in [4.78, 5) is 12.5. The molecule has 0 aliphatic heterocycles. The van der Waals surface area contributed by atoms with E-state index in [0.717, 1.165) is 0 Å². The number of phenolic OH excluding ortho intramolecular Hbond substituents is 1. The molecule has 0 saturated heterocycles. The molecule has 1 amide bonds. The Hall–Kier alpha value is -1.65. The minimum atomic E-state index is -0.165. The second kappa shape index (κ2) is 6.50. The molecule has 98 valence electrons. The molecule has 3 nitrogen and oxygen atoms in total. The van der Waals surface area contributed by atoms with E-state index in [1.54, 1.807) is 42.5 Å². The first-order valence-corrected chi connectivity index (χ1v) is 6.98. The molecule has 2 aromatic rings. The lowest BCUT2D eigenvalue weighted by atomic mass is 10.3. The van der Waals surface area contributed by atoms with E-state index in [-0.39, 0.29) is 17.4 Å². The first-order valence-electron chi connectivity index (χ1n) is 5.62. The van der Waals surface area contributed by atoms with Crippen LogP contribution in [0.1, 0.15) is 0 Å². The Bertz CT molecular complexity index is 589. The lowest BCUT2D eigenvalue weighted by Gasteiger charge is -2.07. The minimum Gasteiger partial charge on any atom is -0.507 e. The number of thioether (sulfide) groups is 1. The van der Waals surface area contributed by atoms with Gasteiger partial charge >= 0.3 is 0 Å². The van der Waals surface area contributed by atoms with Gasteiger partial charge in [-0.05, 0) is 24.3 Å². The van der Waals surface area contributed by atoms with Crippen molar-refractivity contribution in [1.29, 1.82) is 0 Å². The first kappa shape index (κ1) is 13.8. The minimum absolute atomic E-state index is 0.165. The molecule has 0 atom stereocenters. The number of aromatic hydroxyl groups is 1. The molecule has 0 saturated carbocycles. The van der Waals surface area contributed by atoms with E-state index < -0.39 is 0 Å². The van der Waals surface area contributed by atoms with E-state index in [0.29, 0.717) is 15.6 Å². The van der Waals surface area contributed by atoms with Crippen LogP contribution in [0.2, 0.25) is 5.02 Å². The largest absolute Gasteiger partial charge is 0.507 e. The summed E-state index contributed by atoms with van der Waals surface area (Å²) in [6, 6.07) is 14.0.